The van der Waals surface area contributed by atoms with E-state index < -0.39 is 27.6 Å². The number of nitrogens with one attached hydrogen (secondary N) is 1. The third-order valence-electron chi connectivity index (χ3n) is 3.52. The van der Waals surface area contributed by atoms with Crippen LogP contribution >= 0.6 is 0 Å². The molecule has 20 heavy (non-hydrogen) atoms. The zero-order chi connectivity index (χ0) is 15.4. The monoisotopic (exact) mass is 308 g/mol. The maximum absolute atomic E-state index is 12.3. The lowest BCUT2D eigenvalue weighted by Crippen LogP contribution is -2.53. The molecular formula is C12H24N2O5S. The Morgan fingerprint density at radius 2 is 1.95 bits per heavy atom. The van der Waals surface area contributed by atoms with Gasteiger partial charge in [-0.15, -0.1) is 0 Å². The zero-order valence-electron chi connectivity index (χ0n) is 12.3. The Hall–Kier alpha value is -0.700. The summed E-state index contributed by atoms with van der Waals surface area (Å²) in [7, 11) is -3.69. The van der Waals surface area contributed by atoms with Crippen LogP contribution in [-0.4, -0.2) is 56.1 Å². The van der Waals surface area contributed by atoms with Crippen molar-refractivity contribution in [2.75, 3.05) is 26.3 Å². The van der Waals surface area contributed by atoms with Crippen molar-refractivity contribution < 1.29 is 23.1 Å². The van der Waals surface area contributed by atoms with Crippen LogP contribution in [0.5, 0.6) is 0 Å². The normalized spacial score (nSPS) is 27.1. The predicted molar refractivity (Wildman–Crippen MR) is 74.6 cm³/mol. The van der Waals surface area contributed by atoms with Crippen molar-refractivity contribution in [2.24, 2.45) is 5.41 Å². The highest BCUT2D eigenvalue weighted by Gasteiger charge is 2.48. The number of rotatable bonds is 8. The molecule has 0 aromatic heterocycles. The third kappa shape index (κ3) is 3.69. The first kappa shape index (κ1) is 17.4. The van der Waals surface area contributed by atoms with Gasteiger partial charge in [-0.3, -0.25) is 4.79 Å². The molecule has 2 unspecified atom stereocenters. The molecule has 1 aliphatic heterocycles. The summed E-state index contributed by atoms with van der Waals surface area (Å²) in [5, 5.41) is 9.26. The topological polar surface area (TPSA) is 95.9 Å². The number of nitrogens with zero attached hydrogens (tertiary/aromatic N) is 1. The Morgan fingerprint density at radius 3 is 2.40 bits per heavy atom. The fourth-order valence-corrected chi connectivity index (χ4v) is 3.84. The van der Waals surface area contributed by atoms with E-state index in [1.54, 1.807) is 0 Å². The Labute approximate surface area is 120 Å². The van der Waals surface area contributed by atoms with Gasteiger partial charge in [0.1, 0.15) is 5.41 Å². The minimum atomic E-state index is -3.69. The van der Waals surface area contributed by atoms with Gasteiger partial charge in [0.25, 0.3) is 10.2 Å². The van der Waals surface area contributed by atoms with Crippen molar-refractivity contribution in [1.82, 2.24) is 9.03 Å². The van der Waals surface area contributed by atoms with Crippen LogP contribution in [0.1, 0.15) is 33.6 Å². The summed E-state index contributed by atoms with van der Waals surface area (Å²) in [6.45, 7) is 6.22. The first-order valence-corrected chi connectivity index (χ1v) is 8.30. The number of aliphatic carboxylic acids is 1. The second kappa shape index (κ2) is 6.84. The second-order valence-corrected chi connectivity index (χ2v) is 7.01. The number of ether oxygens (including phenoxy) is 1. The molecule has 0 radical (unpaired) electrons. The van der Waals surface area contributed by atoms with E-state index in [0.717, 1.165) is 0 Å². The summed E-state index contributed by atoms with van der Waals surface area (Å²) in [6, 6.07) is -0.749. The van der Waals surface area contributed by atoms with Gasteiger partial charge in [-0.05, 0) is 19.8 Å². The largest absolute Gasteiger partial charge is 0.481 e. The van der Waals surface area contributed by atoms with Crippen molar-refractivity contribution >= 4 is 16.2 Å². The van der Waals surface area contributed by atoms with E-state index in [4.69, 9.17) is 4.74 Å². The fourth-order valence-electron chi connectivity index (χ4n) is 2.15. The zero-order valence-corrected chi connectivity index (χ0v) is 13.1. The van der Waals surface area contributed by atoms with Crippen molar-refractivity contribution in [1.29, 1.82) is 0 Å². The summed E-state index contributed by atoms with van der Waals surface area (Å²) in [6.07, 6.45) is 1.41. The van der Waals surface area contributed by atoms with Crippen molar-refractivity contribution in [2.45, 2.75) is 39.7 Å². The molecule has 1 aliphatic rings. The molecule has 0 amide bonds. The molecule has 0 spiro atoms. The fraction of sp³-hybridized carbons (Fsp3) is 0.917. The Kier molecular flexibility index (Phi) is 5.93. The predicted octanol–water partition coefficient (Wildman–Crippen LogP) is 0.433. The lowest BCUT2D eigenvalue weighted by atomic mass is 9.86. The number of carboxylic acids is 1. The van der Waals surface area contributed by atoms with Gasteiger partial charge in [0, 0.05) is 13.1 Å². The van der Waals surface area contributed by atoms with E-state index in [2.05, 4.69) is 4.72 Å². The van der Waals surface area contributed by atoms with Crippen LogP contribution in [0.15, 0.2) is 0 Å². The molecule has 2 N–H and O–H groups in total. The van der Waals surface area contributed by atoms with Crippen LogP contribution in [0.3, 0.4) is 0 Å². The molecule has 118 valence electrons. The van der Waals surface area contributed by atoms with Crippen LogP contribution in [0.4, 0.5) is 0 Å². The van der Waals surface area contributed by atoms with Crippen LogP contribution < -0.4 is 4.72 Å². The quantitative estimate of drug-likeness (QED) is 0.678. The van der Waals surface area contributed by atoms with Gasteiger partial charge in [-0.2, -0.15) is 17.4 Å². The molecule has 0 aromatic carbocycles. The van der Waals surface area contributed by atoms with Gasteiger partial charge in [0.2, 0.25) is 0 Å². The molecule has 2 atom stereocenters. The molecule has 7 nitrogen and oxygen atoms in total. The average molecular weight is 308 g/mol. The molecule has 1 saturated heterocycles. The minimum Gasteiger partial charge on any atom is -0.481 e. The van der Waals surface area contributed by atoms with Crippen LogP contribution in [-0.2, 0) is 19.7 Å². The standard InChI is InChI=1S/C12H24N2O5S/c1-4-6-14(7-5-2)20(17,18)13-10-8-19-9-12(10,3)11(15)16/h10,13H,4-9H2,1-3H3,(H,15,16). The summed E-state index contributed by atoms with van der Waals surface area (Å²) in [5.41, 5.74) is -1.23. The lowest BCUT2D eigenvalue weighted by molar-refractivity contribution is -0.148. The first-order valence-electron chi connectivity index (χ1n) is 6.86. The molecular weight excluding hydrogens is 284 g/mol. The summed E-state index contributed by atoms with van der Waals surface area (Å²) in [4.78, 5) is 11.3. The Bertz CT molecular complexity index is 433. The van der Waals surface area contributed by atoms with Gasteiger partial charge in [-0.1, -0.05) is 13.8 Å². The average Bonchev–Trinajstić information content (AvgIpc) is 2.71. The van der Waals surface area contributed by atoms with Crippen molar-refractivity contribution in [3.8, 4) is 0 Å². The Morgan fingerprint density at radius 1 is 1.40 bits per heavy atom. The van der Waals surface area contributed by atoms with E-state index in [9.17, 15) is 18.3 Å². The summed E-state index contributed by atoms with van der Waals surface area (Å²) in [5.74, 6) is -1.06. The minimum absolute atomic E-state index is 0.0110. The molecule has 1 rings (SSSR count). The number of carbonyl (C=O) groups is 1. The first-order chi connectivity index (χ1) is 9.28. The van der Waals surface area contributed by atoms with Crippen LogP contribution in [0.2, 0.25) is 0 Å². The van der Waals surface area contributed by atoms with E-state index in [1.165, 1.54) is 11.2 Å². The highest BCUT2D eigenvalue weighted by molar-refractivity contribution is 7.87. The van der Waals surface area contributed by atoms with Crippen LogP contribution in [0.25, 0.3) is 0 Å². The lowest BCUT2D eigenvalue weighted by Gasteiger charge is -2.28. The van der Waals surface area contributed by atoms with E-state index in [1.807, 2.05) is 13.8 Å². The maximum Gasteiger partial charge on any atom is 0.313 e. The molecule has 8 heteroatoms. The van der Waals surface area contributed by atoms with E-state index >= 15 is 0 Å². The van der Waals surface area contributed by atoms with Gasteiger partial charge < -0.3 is 9.84 Å². The smallest absolute Gasteiger partial charge is 0.313 e. The SMILES string of the molecule is CCCN(CCC)S(=O)(=O)NC1COCC1(C)C(=O)O. The maximum atomic E-state index is 12.3. The van der Waals surface area contributed by atoms with E-state index in [-0.39, 0.29) is 13.2 Å². The molecule has 0 saturated carbocycles. The molecule has 0 aromatic rings. The summed E-state index contributed by atoms with van der Waals surface area (Å²) >= 11 is 0. The number of carboxylic acid groups (broad SMARTS) is 1. The second-order valence-electron chi connectivity index (χ2n) is 5.31. The molecule has 1 heterocycles. The van der Waals surface area contributed by atoms with Gasteiger partial charge in [0.15, 0.2) is 0 Å². The molecule has 0 aliphatic carbocycles. The van der Waals surface area contributed by atoms with Crippen molar-refractivity contribution in [3.63, 3.8) is 0 Å². The Balaban J connectivity index is 2.86. The molecule has 0 bridgehead atoms. The number of hydrogen-bond donors (Lipinski definition) is 2. The highest BCUT2D eigenvalue weighted by Crippen LogP contribution is 2.29. The van der Waals surface area contributed by atoms with Crippen LogP contribution in [0, 0.1) is 5.41 Å². The van der Waals surface area contributed by atoms with Crippen molar-refractivity contribution in [3.05, 3.63) is 0 Å². The highest BCUT2D eigenvalue weighted by atomic mass is 32.2. The number of hydrogen-bond acceptors (Lipinski definition) is 4. The van der Waals surface area contributed by atoms with E-state index in [0.29, 0.717) is 25.9 Å². The summed E-state index contributed by atoms with van der Waals surface area (Å²) < 4.78 is 33.7. The molecule has 1 fully saturated rings. The van der Waals surface area contributed by atoms with Gasteiger partial charge in [0.05, 0.1) is 19.3 Å². The van der Waals surface area contributed by atoms with Gasteiger partial charge >= 0.3 is 5.97 Å². The van der Waals surface area contributed by atoms with Gasteiger partial charge in [-0.25, -0.2) is 0 Å². The third-order valence-corrected chi connectivity index (χ3v) is 5.15.